The van der Waals surface area contributed by atoms with Crippen LogP contribution in [0.4, 0.5) is 0 Å². The van der Waals surface area contributed by atoms with Gasteiger partial charge in [-0.3, -0.25) is 0 Å². The van der Waals surface area contributed by atoms with Crippen molar-refractivity contribution >= 4 is 11.0 Å². The van der Waals surface area contributed by atoms with Crippen LogP contribution in [0.5, 0.6) is 0 Å². The van der Waals surface area contributed by atoms with Gasteiger partial charge in [0.25, 0.3) is 0 Å². The zero-order chi connectivity index (χ0) is 14.7. The fraction of sp³-hybridized carbons (Fsp3) is 0.562. The Bertz CT molecular complexity index is 590. The van der Waals surface area contributed by atoms with Gasteiger partial charge < -0.3 is 14.4 Å². The normalized spacial score (nSPS) is 13.1. The van der Waals surface area contributed by atoms with Gasteiger partial charge in [-0.1, -0.05) is 13.3 Å². The highest BCUT2D eigenvalue weighted by Crippen LogP contribution is 2.27. The van der Waals surface area contributed by atoms with Crippen molar-refractivity contribution in [1.29, 1.82) is 0 Å². The molecule has 0 amide bonds. The number of hydrogen-bond acceptors (Lipinski definition) is 3. The van der Waals surface area contributed by atoms with Crippen LogP contribution in [0, 0.1) is 6.92 Å². The van der Waals surface area contributed by atoms with Gasteiger partial charge in [-0.05, 0) is 43.5 Å². The van der Waals surface area contributed by atoms with Gasteiger partial charge >= 0.3 is 0 Å². The number of aliphatic hydroxyl groups excluding tert-OH is 1. The van der Waals surface area contributed by atoms with E-state index < -0.39 is 6.10 Å². The summed E-state index contributed by atoms with van der Waals surface area (Å²) in [5, 5.41) is 10.2. The second-order valence-corrected chi connectivity index (χ2v) is 5.23. The lowest BCUT2D eigenvalue weighted by Gasteiger charge is -2.13. The number of fused-ring (bicyclic) bond motifs is 1. The monoisotopic (exact) mass is 276 g/mol. The Morgan fingerprint density at radius 3 is 2.75 bits per heavy atom. The molecule has 1 aromatic carbocycles. The Hall–Kier alpha value is -1.39. The first-order valence-electron chi connectivity index (χ1n) is 7.30. The average Bonchev–Trinajstić information content (AvgIpc) is 2.72. The largest absolute Gasteiger partial charge is 0.388 e. The molecule has 0 saturated heterocycles. The summed E-state index contributed by atoms with van der Waals surface area (Å²) in [5.41, 5.74) is 4.12. The number of aryl methyl sites for hydroxylation is 2. The standard InChI is InChI=1S/C16H24N2O2/c1-5-7-15(19)12-9-13-14(8-11(12)3)18(4)16(17-13)10-20-6-2/h8-9,15,19H,5-7,10H2,1-4H3. The van der Waals surface area contributed by atoms with Crippen LogP contribution in [0.1, 0.15) is 49.7 Å². The second kappa shape index (κ2) is 6.37. The molecule has 1 unspecified atom stereocenters. The van der Waals surface area contributed by atoms with E-state index in [9.17, 15) is 5.11 Å². The Morgan fingerprint density at radius 1 is 1.35 bits per heavy atom. The zero-order valence-corrected chi connectivity index (χ0v) is 12.8. The van der Waals surface area contributed by atoms with Crippen LogP contribution >= 0.6 is 0 Å². The first-order valence-corrected chi connectivity index (χ1v) is 7.30. The van der Waals surface area contributed by atoms with Gasteiger partial charge in [-0.25, -0.2) is 4.98 Å². The van der Waals surface area contributed by atoms with Crippen LogP contribution in [0.25, 0.3) is 11.0 Å². The molecule has 0 bridgehead atoms. The summed E-state index contributed by atoms with van der Waals surface area (Å²) >= 11 is 0. The maximum Gasteiger partial charge on any atom is 0.135 e. The number of hydrogen-bond donors (Lipinski definition) is 1. The Labute approximate surface area is 120 Å². The molecule has 4 heteroatoms. The van der Waals surface area contributed by atoms with Crippen molar-refractivity contribution in [1.82, 2.24) is 9.55 Å². The lowest BCUT2D eigenvalue weighted by Crippen LogP contribution is -2.01. The third-order valence-electron chi connectivity index (χ3n) is 3.72. The molecule has 0 aliphatic heterocycles. The first-order chi connectivity index (χ1) is 9.58. The molecule has 0 spiro atoms. The van der Waals surface area contributed by atoms with E-state index in [-0.39, 0.29) is 0 Å². The molecule has 110 valence electrons. The van der Waals surface area contributed by atoms with E-state index in [4.69, 9.17) is 4.74 Å². The predicted molar refractivity (Wildman–Crippen MR) is 80.6 cm³/mol. The highest BCUT2D eigenvalue weighted by atomic mass is 16.5. The van der Waals surface area contributed by atoms with Gasteiger partial charge in [0.1, 0.15) is 12.4 Å². The van der Waals surface area contributed by atoms with Crippen molar-refractivity contribution in [3.05, 3.63) is 29.1 Å². The Morgan fingerprint density at radius 2 is 2.10 bits per heavy atom. The maximum absolute atomic E-state index is 10.2. The summed E-state index contributed by atoms with van der Waals surface area (Å²) in [6.45, 7) is 7.31. The zero-order valence-electron chi connectivity index (χ0n) is 12.8. The van der Waals surface area contributed by atoms with Crippen LogP contribution in [-0.4, -0.2) is 21.3 Å². The number of ether oxygens (including phenoxy) is 1. The topological polar surface area (TPSA) is 47.3 Å². The number of aliphatic hydroxyl groups is 1. The summed E-state index contributed by atoms with van der Waals surface area (Å²) in [6, 6.07) is 4.12. The van der Waals surface area contributed by atoms with Crippen LogP contribution in [0.3, 0.4) is 0 Å². The van der Waals surface area contributed by atoms with E-state index in [1.807, 2.05) is 27.0 Å². The van der Waals surface area contributed by atoms with Crippen molar-refractivity contribution in [2.24, 2.45) is 7.05 Å². The predicted octanol–water partition coefficient (Wildman–Crippen LogP) is 3.25. The lowest BCUT2D eigenvalue weighted by molar-refractivity contribution is 0.126. The summed E-state index contributed by atoms with van der Waals surface area (Å²) in [6.07, 6.45) is 1.35. The molecular weight excluding hydrogens is 252 g/mol. The van der Waals surface area contributed by atoms with Crippen LogP contribution in [0.2, 0.25) is 0 Å². The maximum atomic E-state index is 10.2. The van der Waals surface area contributed by atoms with Gasteiger partial charge in [-0.15, -0.1) is 0 Å². The highest BCUT2D eigenvalue weighted by molar-refractivity contribution is 5.78. The Kier molecular flexibility index (Phi) is 4.78. The molecule has 1 aromatic heterocycles. The molecule has 1 atom stereocenters. The molecule has 4 nitrogen and oxygen atoms in total. The molecular formula is C16H24N2O2. The number of rotatable bonds is 6. The van der Waals surface area contributed by atoms with Crippen LogP contribution in [-0.2, 0) is 18.4 Å². The van der Waals surface area contributed by atoms with Gasteiger partial charge in [0.05, 0.1) is 17.1 Å². The average molecular weight is 276 g/mol. The van der Waals surface area contributed by atoms with Crippen molar-refractivity contribution in [2.45, 2.75) is 46.3 Å². The smallest absolute Gasteiger partial charge is 0.135 e. The van der Waals surface area contributed by atoms with Gasteiger partial charge in [0.2, 0.25) is 0 Å². The van der Waals surface area contributed by atoms with Crippen molar-refractivity contribution in [3.8, 4) is 0 Å². The van der Waals surface area contributed by atoms with Crippen molar-refractivity contribution in [2.75, 3.05) is 6.61 Å². The van der Waals surface area contributed by atoms with Crippen molar-refractivity contribution in [3.63, 3.8) is 0 Å². The molecule has 20 heavy (non-hydrogen) atoms. The summed E-state index contributed by atoms with van der Waals surface area (Å²) < 4.78 is 7.51. The molecule has 1 heterocycles. The molecule has 1 N–H and O–H groups in total. The summed E-state index contributed by atoms with van der Waals surface area (Å²) in [5.74, 6) is 0.920. The minimum absolute atomic E-state index is 0.401. The minimum atomic E-state index is -0.401. The molecule has 0 fully saturated rings. The van der Waals surface area contributed by atoms with Gasteiger partial charge in [0.15, 0.2) is 0 Å². The molecule has 2 aromatic rings. The quantitative estimate of drug-likeness (QED) is 0.881. The molecule has 2 rings (SSSR count). The number of aromatic nitrogens is 2. The van der Waals surface area contributed by atoms with Gasteiger partial charge in [0, 0.05) is 13.7 Å². The lowest BCUT2D eigenvalue weighted by atomic mass is 9.99. The van der Waals surface area contributed by atoms with Crippen molar-refractivity contribution < 1.29 is 9.84 Å². The number of nitrogens with zero attached hydrogens (tertiary/aromatic N) is 2. The third kappa shape index (κ3) is 2.86. The highest BCUT2D eigenvalue weighted by Gasteiger charge is 2.14. The molecule has 0 radical (unpaired) electrons. The Balaban J connectivity index is 2.43. The molecule has 0 aliphatic rings. The number of benzene rings is 1. The third-order valence-corrected chi connectivity index (χ3v) is 3.72. The van der Waals surface area contributed by atoms with E-state index in [1.54, 1.807) is 0 Å². The molecule has 0 saturated carbocycles. The van der Waals surface area contributed by atoms with Gasteiger partial charge in [-0.2, -0.15) is 0 Å². The SMILES string of the molecule is CCCC(O)c1cc2nc(COCC)n(C)c2cc1C. The summed E-state index contributed by atoms with van der Waals surface area (Å²) in [7, 11) is 2.01. The van der Waals surface area contributed by atoms with E-state index in [1.165, 1.54) is 0 Å². The van der Waals surface area contributed by atoms with Crippen LogP contribution < -0.4 is 0 Å². The summed E-state index contributed by atoms with van der Waals surface area (Å²) in [4.78, 5) is 4.62. The van der Waals surface area contributed by atoms with E-state index in [0.29, 0.717) is 13.2 Å². The van der Waals surface area contributed by atoms with Crippen LogP contribution in [0.15, 0.2) is 12.1 Å². The second-order valence-electron chi connectivity index (χ2n) is 5.23. The fourth-order valence-corrected chi connectivity index (χ4v) is 2.52. The number of imidazole rings is 1. The first kappa shape index (κ1) is 15.0. The van der Waals surface area contributed by atoms with E-state index >= 15 is 0 Å². The van der Waals surface area contributed by atoms with E-state index in [0.717, 1.165) is 40.8 Å². The minimum Gasteiger partial charge on any atom is -0.388 e. The van der Waals surface area contributed by atoms with E-state index in [2.05, 4.69) is 22.5 Å². The molecule has 0 aliphatic carbocycles. The fourth-order valence-electron chi connectivity index (χ4n) is 2.52.